The van der Waals surface area contributed by atoms with Crippen molar-refractivity contribution in [3.63, 3.8) is 0 Å². The molecule has 2 amide bonds. The molecule has 1 N–H and O–H groups in total. The van der Waals surface area contributed by atoms with E-state index in [1.165, 1.54) is 24.1 Å². The molecule has 0 aliphatic heterocycles. The molecule has 2 aromatic rings. The summed E-state index contributed by atoms with van der Waals surface area (Å²) in [4.78, 5) is 26.3. The molecule has 0 aromatic heterocycles. The Morgan fingerprint density at radius 1 is 1.08 bits per heavy atom. The number of carbonyl (C=O) groups is 2. The van der Waals surface area contributed by atoms with Crippen LogP contribution in [0.5, 0.6) is 0 Å². The van der Waals surface area contributed by atoms with E-state index >= 15 is 0 Å². The third-order valence-electron chi connectivity index (χ3n) is 4.02. The second-order valence-corrected chi connectivity index (χ2v) is 6.68. The third-order valence-corrected chi connectivity index (χ3v) is 4.76. The molecule has 7 heteroatoms. The molecule has 0 bridgehead atoms. The van der Waals surface area contributed by atoms with E-state index in [2.05, 4.69) is 5.32 Å². The molecule has 0 aliphatic rings. The number of nitrogens with one attached hydrogen (secondary N) is 1. The van der Waals surface area contributed by atoms with E-state index in [0.717, 1.165) is 5.56 Å². The standard InChI is InChI=1S/C19H19Cl2FN2O2/c1-12(19(26)23-2)24(11-14-5-8-16(20)17(21)9-14)18(25)10-13-3-6-15(22)7-4-13/h3-9,12H,10-11H2,1-2H3,(H,23,26)/t12-/m1/s1. The summed E-state index contributed by atoms with van der Waals surface area (Å²) in [6, 6.07) is 10.1. The summed E-state index contributed by atoms with van der Waals surface area (Å²) < 4.78 is 13.0. The Balaban J connectivity index is 2.24. The van der Waals surface area contributed by atoms with Crippen molar-refractivity contribution in [1.29, 1.82) is 0 Å². The van der Waals surface area contributed by atoms with Gasteiger partial charge in [0.25, 0.3) is 0 Å². The quantitative estimate of drug-likeness (QED) is 0.806. The second-order valence-electron chi connectivity index (χ2n) is 5.86. The van der Waals surface area contributed by atoms with Gasteiger partial charge in [-0.15, -0.1) is 0 Å². The van der Waals surface area contributed by atoms with Crippen LogP contribution in [0, 0.1) is 5.82 Å². The fourth-order valence-corrected chi connectivity index (χ4v) is 2.83. The van der Waals surface area contributed by atoms with Gasteiger partial charge in [-0.3, -0.25) is 9.59 Å². The molecule has 0 saturated carbocycles. The number of hydrogen-bond acceptors (Lipinski definition) is 2. The Hall–Kier alpha value is -2.11. The number of likely N-dealkylation sites (N-methyl/N-ethyl adjacent to an activating group) is 1. The first-order valence-corrected chi connectivity index (χ1v) is 8.77. The van der Waals surface area contributed by atoms with Gasteiger partial charge in [0.1, 0.15) is 11.9 Å². The fourth-order valence-electron chi connectivity index (χ4n) is 2.50. The molecular weight excluding hydrogens is 378 g/mol. The number of amides is 2. The number of rotatable bonds is 6. The predicted octanol–water partition coefficient (Wildman–Crippen LogP) is 3.84. The lowest BCUT2D eigenvalue weighted by Gasteiger charge is -2.28. The van der Waals surface area contributed by atoms with Crippen LogP contribution in [0.25, 0.3) is 0 Å². The van der Waals surface area contributed by atoms with Gasteiger partial charge in [0.15, 0.2) is 0 Å². The van der Waals surface area contributed by atoms with Gasteiger partial charge in [-0.2, -0.15) is 0 Å². The Morgan fingerprint density at radius 3 is 2.27 bits per heavy atom. The summed E-state index contributed by atoms with van der Waals surface area (Å²) in [5, 5.41) is 3.34. The molecule has 1 atom stereocenters. The second kappa shape index (κ2) is 9.01. The molecule has 26 heavy (non-hydrogen) atoms. The highest BCUT2D eigenvalue weighted by Gasteiger charge is 2.25. The fraction of sp³-hybridized carbons (Fsp3) is 0.263. The van der Waals surface area contributed by atoms with Crippen molar-refractivity contribution in [3.8, 4) is 0 Å². The van der Waals surface area contributed by atoms with E-state index < -0.39 is 6.04 Å². The SMILES string of the molecule is CNC(=O)[C@@H](C)N(Cc1ccc(Cl)c(Cl)c1)C(=O)Cc1ccc(F)cc1. The Kier molecular flexibility index (Phi) is 7.00. The molecule has 2 rings (SSSR count). The van der Waals surface area contributed by atoms with Gasteiger partial charge in [-0.05, 0) is 42.3 Å². The van der Waals surface area contributed by atoms with Crippen molar-refractivity contribution >= 4 is 35.0 Å². The van der Waals surface area contributed by atoms with Crippen LogP contribution in [-0.4, -0.2) is 29.8 Å². The molecule has 2 aromatic carbocycles. The van der Waals surface area contributed by atoms with E-state index in [-0.39, 0.29) is 30.6 Å². The molecule has 0 saturated heterocycles. The summed E-state index contributed by atoms with van der Waals surface area (Å²) in [7, 11) is 1.51. The van der Waals surface area contributed by atoms with Gasteiger partial charge in [0.2, 0.25) is 11.8 Å². The van der Waals surface area contributed by atoms with Crippen LogP contribution < -0.4 is 5.32 Å². The minimum absolute atomic E-state index is 0.0585. The van der Waals surface area contributed by atoms with Crippen LogP contribution in [0.1, 0.15) is 18.1 Å². The average molecular weight is 397 g/mol. The van der Waals surface area contributed by atoms with Crippen molar-refractivity contribution in [2.45, 2.75) is 25.9 Å². The van der Waals surface area contributed by atoms with Crippen molar-refractivity contribution < 1.29 is 14.0 Å². The van der Waals surface area contributed by atoms with E-state index in [1.54, 1.807) is 37.3 Å². The van der Waals surface area contributed by atoms with Gasteiger partial charge in [0, 0.05) is 13.6 Å². The lowest BCUT2D eigenvalue weighted by atomic mass is 10.1. The van der Waals surface area contributed by atoms with Gasteiger partial charge in [-0.25, -0.2) is 4.39 Å². The number of halogens is 3. The largest absolute Gasteiger partial charge is 0.357 e. The maximum Gasteiger partial charge on any atom is 0.242 e. The molecule has 138 valence electrons. The summed E-state index contributed by atoms with van der Waals surface area (Å²) in [6.07, 6.45) is 0.0585. The number of hydrogen-bond donors (Lipinski definition) is 1. The highest BCUT2D eigenvalue weighted by atomic mass is 35.5. The number of carbonyl (C=O) groups excluding carboxylic acids is 2. The van der Waals surface area contributed by atoms with Gasteiger partial charge in [-0.1, -0.05) is 41.4 Å². The van der Waals surface area contributed by atoms with Gasteiger partial charge in [0.05, 0.1) is 16.5 Å². The van der Waals surface area contributed by atoms with E-state index in [1.807, 2.05) is 0 Å². The molecule has 0 fully saturated rings. The highest BCUT2D eigenvalue weighted by Crippen LogP contribution is 2.24. The zero-order valence-electron chi connectivity index (χ0n) is 14.4. The monoisotopic (exact) mass is 396 g/mol. The lowest BCUT2D eigenvalue weighted by molar-refractivity contribution is -0.139. The van der Waals surface area contributed by atoms with Crippen molar-refractivity contribution in [3.05, 3.63) is 69.5 Å². The van der Waals surface area contributed by atoms with E-state index in [0.29, 0.717) is 15.6 Å². The third kappa shape index (κ3) is 5.19. The molecule has 0 aliphatic carbocycles. The maximum absolute atomic E-state index is 13.0. The summed E-state index contributed by atoms with van der Waals surface area (Å²) in [5.74, 6) is -0.899. The molecule has 0 unspecified atom stereocenters. The van der Waals surface area contributed by atoms with Crippen molar-refractivity contribution in [2.75, 3.05) is 7.05 Å². The van der Waals surface area contributed by atoms with Gasteiger partial charge < -0.3 is 10.2 Å². The average Bonchev–Trinajstić information content (AvgIpc) is 2.63. The predicted molar refractivity (Wildman–Crippen MR) is 101 cm³/mol. The Labute approximate surface area is 161 Å². The summed E-state index contributed by atoms with van der Waals surface area (Å²) in [5.41, 5.74) is 1.42. The summed E-state index contributed by atoms with van der Waals surface area (Å²) in [6.45, 7) is 1.85. The molecule has 0 heterocycles. The van der Waals surface area contributed by atoms with Crippen LogP contribution >= 0.6 is 23.2 Å². The summed E-state index contributed by atoms with van der Waals surface area (Å²) >= 11 is 12.0. The highest BCUT2D eigenvalue weighted by molar-refractivity contribution is 6.42. The molecule has 4 nitrogen and oxygen atoms in total. The maximum atomic E-state index is 13.0. The first-order valence-electron chi connectivity index (χ1n) is 8.01. The van der Waals surface area contributed by atoms with Crippen LogP contribution in [0.2, 0.25) is 10.0 Å². The zero-order valence-corrected chi connectivity index (χ0v) is 15.9. The molecule has 0 radical (unpaired) electrons. The van der Waals surface area contributed by atoms with Crippen LogP contribution in [-0.2, 0) is 22.6 Å². The first-order chi connectivity index (χ1) is 12.3. The smallest absolute Gasteiger partial charge is 0.242 e. The van der Waals surface area contributed by atoms with Crippen molar-refractivity contribution in [2.24, 2.45) is 0 Å². The van der Waals surface area contributed by atoms with E-state index in [9.17, 15) is 14.0 Å². The first kappa shape index (κ1) is 20.2. The van der Waals surface area contributed by atoms with E-state index in [4.69, 9.17) is 23.2 Å². The lowest BCUT2D eigenvalue weighted by Crippen LogP contribution is -2.47. The van der Waals surface area contributed by atoms with Crippen molar-refractivity contribution in [1.82, 2.24) is 10.2 Å². The Bertz CT molecular complexity index is 797. The van der Waals surface area contributed by atoms with Crippen LogP contribution in [0.3, 0.4) is 0 Å². The number of nitrogens with zero attached hydrogens (tertiary/aromatic N) is 1. The molecular formula is C19H19Cl2FN2O2. The minimum Gasteiger partial charge on any atom is -0.357 e. The number of benzene rings is 2. The topological polar surface area (TPSA) is 49.4 Å². The van der Waals surface area contributed by atoms with Crippen LogP contribution in [0.4, 0.5) is 4.39 Å². The van der Waals surface area contributed by atoms with Crippen LogP contribution in [0.15, 0.2) is 42.5 Å². The zero-order chi connectivity index (χ0) is 19.3. The Morgan fingerprint density at radius 2 is 1.69 bits per heavy atom. The minimum atomic E-state index is -0.678. The van der Waals surface area contributed by atoms with Gasteiger partial charge >= 0.3 is 0 Å². The molecule has 0 spiro atoms. The normalized spacial score (nSPS) is 11.7.